The first kappa shape index (κ1) is 38.2. The molecular formula is C45H48N3O3P3. The van der Waals surface area contributed by atoms with Crippen LogP contribution in [-0.2, 0) is 13.7 Å². The van der Waals surface area contributed by atoms with E-state index >= 15 is 13.7 Å². The molecule has 7 rings (SSSR count). The third kappa shape index (κ3) is 8.72. The summed E-state index contributed by atoms with van der Waals surface area (Å²) in [4.78, 5) is 6.95. The maximum atomic E-state index is 15.4. The van der Waals surface area contributed by atoms with E-state index in [0.717, 1.165) is 31.8 Å². The second-order valence-corrected chi connectivity index (χ2v) is 22.4. The lowest BCUT2D eigenvalue weighted by Gasteiger charge is -2.31. The van der Waals surface area contributed by atoms with Crippen molar-refractivity contribution >= 4 is 53.3 Å². The van der Waals surface area contributed by atoms with Gasteiger partial charge in [0.2, 0.25) is 0 Å². The van der Waals surface area contributed by atoms with Crippen LogP contribution in [-0.4, -0.2) is 72.8 Å². The summed E-state index contributed by atoms with van der Waals surface area (Å²) in [6.45, 7) is 3.89. The zero-order valence-electron chi connectivity index (χ0n) is 30.6. The van der Waals surface area contributed by atoms with Gasteiger partial charge in [0.15, 0.2) is 21.4 Å². The Balaban J connectivity index is 1.25. The fourth-order valence-corrected chi connectivity index (χ4v) is 15.7. The van der Waals surface area contributed by atoms with E-state index in [9.17, 15) is 0 Å². The molecule has 6 aromatic rings. The van der Waals surface area contributed by atoms with Crippen LogP contribution in [0.3, 0.4) is 0 Å². The Morgan fingerprint density at radius 3 is 0.574 bits per heavy atom. The minimum atomic E-state index is -3.07. The summed E-state index contributed by atoms with van der Waals surface area (Å²) >= 11 is 0. The molecule has 0 aliphatic carbocycles. The zero-order chi connectivity index (χ0) is 37.3. The highest BCUT2D eigenvalue weighted by Crippen LogP contribution is 2.47. The molecule has 1 saturated heterocycles. The van der Waals surface area contributed by atoms with E-state index in [2.05, 4.69) is 14.7 Å². The van der Waals surface area contributed by atoms with Crippen molar-refractivity contribution in [2.45, 2.75) is 0 Å². The molecule has 1 fully saturated rings. The quantitative estimate of drug-likeness (QED) is 0.127. The summed E-state index contributed by atoms with van der Waals surface area (Å²) in [7, 11) is -9.22. The van der Waals surface area contributed by atoms with Gasteiger partial charge in [0.1, 0.15) is 0 Å². The van der Waals surface area contributed by atoms with Crippen molar-refractivity contribution in [3.63, 3.8) is 0 Å². The molecule has 0 atom stereocenters. The van der Waals surface area contributed by atoms with Gasteiger partial charge in [-0.15, -0.1) is 0 Å². The number of nitrogens with zero attached hydrogens (tertiary/aromatic N) is 3. The molecule has 6 aromatic carbocycles. The van der Waals surface area contributed by atoms with Crippen molar-refractivity contribution in [3.8, 4) is 0 Å². The van der Waals surface area contributed by atoms with E-state index in [0.29, 0.717) is 58.1 Å². The molecule has 0 unspecified atom stereocenters. The predicted molar refractivity (Wildman–Crippen MR) is 229 cm³/mol. The zero-order valence-corrected chi connectivity index (χ0v) is 33.3. The summed E-state index contributed by atoms with van der Waals surface area (Å²) in [5.41, 5.74) is 0. The summed E-state index contributed by atoms with van der Waals surface area (Å²) in [6.07, 6.45) is 1.10. The highest BCUT2D eigenvalue weighted by Gasteiger charge is 2.35. The molecule has 1 heterocycles. The van der Waals surface area contributed by atoms with Crippen molar-refractivity contribution in [2.24, 2.45) is 0 Å². The van der Waals surface area contributed by atoms with Gasteiger partial charge in [-0.1, -0.05) is 182 Å². The molecule has 0 amide bonds. The molecule has 0 radical (unpaired) electrons. The lowest BCUT2D eigenvalue weighted by Crippen LogP contribution is -2.40. The topological polar surface area (TPSA) is 60.9 Å². The first-order valence-electron chi connectivity index (χ1n) is 18.6. The molecule has 276 valence electrons. The molecule has 6 nitrogen and oxygen atoms in total. The van der Waals surface area contributed by atoms with Crippen LogP contribution in [0.4, 0.5) is 0 Å². The molecule has 9 heteroatoms. The molecule has 1 aliphatic rings. The number of rotatable bonds is 12. The summed E-state index contributed by atoms with van der Waals surface area (Å²) in [6, 6.07) is 59.1. The highest BCUT2D eigenvalue weighted by atomic mass is 31.2. The van der Waals surface area contributed by atoms with Crippen LogP contribution in [0.15, 0.2) is 182 Å². The van der Waals surface area contributed by atoms with Crippen molar-refractivity contribution < 1.29 is 13.7 Å². The Bertz CT molecular complexity index is 1810. The maximum Gasteiger partial charge on any atom is 0.156 e. The van der Waals surface area contributed by atoms with Crippen LogP contribution >= 0.6 is 21.4 Å². The lowest BCUT2D eigenvalue weighted by molar-refractivity contribution is 0.258. The molecule has 0 spiro atoms. The average molecular weight is 772 g/mol. The van der Waals surface area contributed by atoms with E-state index < -0.39 is 21.4 Å². The number of hydrogen-bond acceptors (Lipinski definition) is 6. The Morgan fingerprint density at radius 1 is 0.278 bits per heavy atom. The minimum absolute atomic E-state index is 0.368. The Hall–Kier alpha value is -4.11. The van der Waals surface area contributed by atoms with Crippen molar-refractivity contribution in [1.29, 1.82) is 0 Å². The Kier molecular flexibility index (Phi) is 12.4. The summed E-state index contributed by atoms with van der Waals surface area (Å²) in [5, 5.41) is 5.00. The third-order valence-corrected chi connectivity index (χ3v) is 19.6. The lowest BCUT2D eigenvalue weighted by atomic mass is 10.4. The van der Waals surface area contributed by atoms with Crippen LogP contribution in [0, 0.1) is 0 Å². The van der Waals surface area contributed by atoms with Crippen LogP contribution in [0.1, 0.15) is 0 Å². The molecule has 0 bridgehead atoms. The fraction of sp³-hybridized carbons (Fsp3) is 0.200. The van der Waals surface area contributed by atoms with Gasteiger partial charge in [0, 0.05) is 71.1 Å². The van der Waals surface area contributed by atoms with Gasteiger partial charge < -0.3 is 13.7 Å². The standard InChI is InChI=1S/C45H48N3O3P3/c49-52(40-19-7-1-8-20-40,41-21-9-2-10-22-41)37-46-31-33-47(38-53(50,42-23-11-3-12-24-42)43-25-13-4-14-26-43)35-36-48(34-32-46)39-54(51,44-27-15-5-16-28-44)45-29-17-6-18-30-45/h1-30H,31-39H2. The summed E-state index contributed by atoms with van der Waals surface area (Å²) in [5.74, 6) is 0. The van der Waals surface area contributed by atoms with Gasteiger partial charge in [-0.2, -0.15) is 0 Å². The van der Waals surface area contributed by atoms with Crippen LogP contribution in [0.2, 0.25) is 0 Å². The Morgan fingerprint density at radius 2 is 0.426 bits per heavy atom. The first-order chi connectivity index (χ1) is 26.4. The normalized spacial score (nSPS) is 15.6. The van der Waals surface area contributed by atoms with Gasteiger partial charge in [-0.25, -0.2) is 0 Å². The molecule has 0 saturated carbocycles. The number of benzene rings is 6. The first-order valence-corrected chi connectivity index (χ1v) is 24.3. The molecule has 0 N–H and O–H groups in total. The summed E-state index contributed by atoms with van der Waals surface area (Å²) < 4.78 is 46.1. The molecule has 54 heavy (non-hydrogen) atoms. The van der Waals surface area contributed by atoms with Crippen LogP contribution in [0.25, 0.3) is 0 Å². The van der Waals surface area contributed by atoms with Gasteiger partial charge in [-0.05, 0) is 0 Å². The predicted octanol–water partition coefficient (Wildman–Crippen LogP) is 6.82. The Labute approximate surface area is 320 Å². The van der Waals surface area contributed by atoms with E-state index in [1.54, 1.807) is 0 Å². The minimum Gasteiger partial charge on any atom is -0.312 e. The van der Waals surface area contributed by atoms with Gasteiger partial charge in [-0.3, -0.25) is 14.7 Å². The van der Waals surface area contributed by atoms with E-state index in [1.165, 1.54) is 0 Å². The average Bonchev–Trinajstić information content (AvgIpc) is 3.33. The van der Waals surface area contributed by atoms with E-state index in [4.69, 9.17) is 0 Å². The van der Waals surface area contributed by atoms with Gasteiger partial charge in [0.25, 0.3) is 0 Å². The largest absolute Gasteiger partial charge is 0.312 e. The SMILES string of the molecule is O=P(CN1CCN(CP(=O)(c2ccccc2)c2ccccc2)CCN(CP(=O)(c2ccccc2)c2ccccc2)CC1)(c1ccccc1)c1ccccc1. The molecule has 1 aliphatic heterocycles. The van der Waals surface area contributed by atoms with Crippen LogP contribution < -0.4 is 31.8 Å². The fourth-order valence-electron chi connectivity index (χ4n) is 7.40. The smallest absolute Gasteiger partial charge is 0.156 e. The molecule has 0 aromatic heterocycles. The number of hydrogen-bond donors (Lipinski definition) is 0. The van der Waals surface area contributed by atoms with Crippen LogP contribution in [0.5, 0.6) is 0 Å². The highest BCUT2D eigenvalue weighted by molar-refractivity contribution is 7.79. The second-order valence-electron chi connectivity index (χ2n) is 14.0. The maximum absolute atomic E-state index is 15.4. The van der Waals surface area contributed by atoms with Crippen molar-refractivity contribution in [3.05, 3.63) is 182 Å². The third-order valence-electron chi connectivity index (χ3n) is 10.4. The van der Waals surface area contributed by atoms with Gasteiger partial charge >= 0.3 is 0 Å². The van der Waals surface area contributed by atoms with Crippen molar-refractivity contribution in [1.82, 2.24) is 14.7 Å². The van der Waals surface area contributed by atoms with Gasteiger partial charge in [0.05, 0.1) is 18.9 Å². The monoisotopic (exact) mass is 771 g/mol. The second kappa shape index (κ2) is 17.6. The molecular weight excluding hydrogens is 723 g/mol. The van der Waals surface area contributed by atoms with E-state index in [-0.39, 0.29) is 0 Å². The van der Waals surface area contributed by atoms with Crippen molar-refractivity contribution in [2.75, 3.05) is 58.1 Å². The van der Waals surface area contributed by atoms with E-state index in [1.807, 2.05) is 182 Å².